The Hall–Kier alpha value is -1.76. The highest BCUT2D eigenvalue weighted by atomic mass is 15.1. The first-order valence-electron chi connectivity index (χ1n) is 3.98. The number of aromatic nitrogens is 1. The Morgan fingerprint density at radius 2 is 2.38 bits per heavy atom. The first-order chi connectivity index (χ1) is 6.16. The Balaban J connectivity index is 2.96. The summed E-state index contributed by atoms with van der Waals surface area (Å²) in [6.07, 6.45) is 3.24. The van der Waals surface area contributed by atoms with E-state index < -0.39 is 0 Å². The molecule has 0 amide bonds. The van der Waals surface area contributed by atoms with Gasteiger partial charge in [-0.05, 0) is 13.0 Å². The van der Waals surface area contributed by atoms with Gasteiger partial charge < -0.3 is 10.6 Å². The summed E-state index contributed by atoms with van der Waals surface area (Å²) < 4.78 is 0. The van der Waals surface area contributed by atoms with Crippen molar-refractivity contribution in [1.82, 2.24) is 4.98 Å². The molecule has 0 fully saturated rings. The minimum absolute atomic E-state index is 0.190. The van der Waals surface area contributed by atoms with Crippen LogP contribution in [0.2, 0.25) is 0 Å². The van der Waals surface area contributed by atoms with Gasteiger partial charge >= 0.3 is 0 Å². The van der Waals surface area contributed by atoms with Gasteiger partial charge in [0, 0.05) is 13.2 Å². The number of hydrogen-bond acceptors (Lipinski definition) is 4. The molecule has 0 bridgehead atoms. The zero-order valence-corrected chi connectivity index (χ0v) is 7.73. The lowest BCUT2D eigenvalue weighted by molar-refractivity contribution is 0.835. The fraction of sp³-hybridized carbons (Fsp3) is 0.333. The predicted molar refractivity (Wildman–Crippen MR) is 52.1 cm³/mol. The highest BCUT2D eigenvalue weighted by molar-refractivity contribution is 5.66. The standard InChI is InChI=1S/C9H12N4/c1-7(5-10)13(2)9-3-4-12-6-8(9)11/h3-4,6-7H,11H2,1-2H3. The van der Waals surface area contributed by atoms with Gasteiger partial charge in [0.2, 0.25) is 0 Å². The highest BCUT2D eigenvalue weighted by Crippen LogP contribution is 2.21. The summed E-state index contributed by atoms with van der Waals surface area (Å²) in [7, 11) is 1.83. The van der Waals surface area contributed by atoms with Gasteiger partial charge in [0.05, 0.1) is 23.6 Å². The zero-order valence-electron chi connectivity index (χ0n) is 7.73. The number of hydrogen-bond donors (Lipinski definition) is 1. The van der Waals surface area contributed by atoms with Crippen molar-refractivity contribution in [1.29, 1.82) is 5.26 Å². The van der Waals surface area contributed by atoms with Gasteiger partial charge in [-0.2, -0.15) is 5.26 Å². The summed E-state index contributed by atoms with van der Waals surface area (Å²) >= 11 is 0. The van der Waals surface area contributed by atoms with Crippen LogP contribution in [-0.2, 0) is 0 Å². The Labute approximate surface area is 77.6 Å². The minimum Gasteiger partial charge on any atom is -0.396 e. The maximum atomic E-state index is 8.71. The van der Waals surface area contributed by atoms with Crippen molar-refractivity contribution in [2.75, 3.05) is 17.7 Å². The van der Waals surface area contributed by atoms with E-state index in [2.05, 4.69) is 11.1 Å². The number of nitriles is 1. The highest BCUT2D eigenvalue weighted by Gasteiger charge is 2.10. The number of nitrogens with two attached hydrogens (primary N) is 1. The number of nitrogens with zero attached hydrogens (tertiary/aromatic N) is 3. The quantitative estimate of drug-likeness (QED) is 0.730. The molecule has 2 N–H and O–H groups in total. The van der Waals surface area contributed by atoms with E-state index in [4.69, 9.17) is 11.0 Å². The summed E-state index contributed by atoms with van der Waals surface area (Å²) in [6.45, 7) is 1.82. The SMILES string of the molecule is CC(C#N)N(C)c1ccncc1N. The molecule has 0 aromatic carbocycles. The normalized spacial score (nSPS) is 11.8. The lowest BCUT2D eigenvalue weighted by Gasteiger charge is -2.22. The van der Waals surface area contributed by atoms with Crippen molar-refractivity contribution in [3.05, 3.63) is 18.5 Å². The van der Waals surface area contributed by atoms with Gasteiger partial charge in [-0.15, -0.1) is 0 Å². The second kappa shape index (κ2) is 3.76. The Kier molecular flexibility index (Phi) is 2.70. The van der Waals surface area contributed by atoms with Crippen LogP contribution in [0.5, 0.6) is 0 Å². The summed E-state index contributed by atoms with van der Waals surface area (Å²) in [5.41, 5.74) is 7.13. The Morgan fingerprint density at radius 3 is 2.92 bits per heavy atom. The van der Waals surface area contributed by atoms with Gasteiger partial charge in [-0.1, -0.05) is 0 Å². The van der Waals surface area contributed by atoms with Crippen LogP contribution in [0, 0.1) is 11.3 Å². The molecule has 1 rings (SSSR count). The molecule has 0 aliphatic heterocycles. The molecule has 68 valence electrons. The topological polar surface area (TPSA) is 65.9 Å². The number of pyridine rings is 1. The van der Waals surface area contributed by atoms with Crippen LogP contribution in [0.15, 0.2) is 18.5 Å². The second-order valence-electron chi connectivity index (χ2n) is 2.85. The molecule has 1 aromatic rings. The molecule has 0 radical (unpaired) electrons. The zero-order chi connectivity index (χ0) is 9.84. The predicted octanol–water partition coefficient (Wildman–Crippen LogP) is 1.01. The first kappa shape index (κ1) is 9.33. The number of rotatable bonds is 2. The third kappa shape index (κ3) is 1.88. The molecule has 0 spiro atoms. The summed E-state index contributed by atoms with van der Waals surface area (Å²) in [5, 5.41) is 8.71. The van der Waals surface area contributed by atoms with E-state index >= 15 is 0 Å². The molecule has 0 saturated carbocycles. The van der Waals surface area contributed by atoms with Gasteiger partial charge in [0.25, 0.3) is 0 Å². The van der Waals surface area contributed by atoms with Crippen molar-refractivity contribution in [2.24, 2.45) is 0 Å². The average molecular weight is 176 g/mol. The first-order valence-corrected chi connectivity index (χ1v) is 3.98. The third-order valence-electron chi connectivity index (χ3n) is 1.98. The summed E-state index contributed by atoms with van der Waals surface area (Å²) in [6, 6.07) is 3.75. The molecule has 1 unspecified atom stereocenters. The molecule has 1 aromatic heterocycles. The Bertz CT molecular complexity index is 329. The van der Waals surface area contributed by atoms with E-state index in [-0.39, 0.29) is 6.04 Å². The van der Waals surface area contributed by atoms with Gasteiger partial charge in [0.15, 0.2) is 0 Å². The van der Waals surface area contributed by atoms with E-state index in [1.807, 2.05) is 18.9 Å². The molecule has 1 atom stereocenters. The van der Waals surface area contributed by atoms with Crippen molar-refractivity contribution in [3.8, 4) is 6.07 Å². The van der Waals surface area contributed by atoms with Gasteiger partial charge in [-0.3, -0.25) is 4.98 Å². The van der Waals surface area contributed by atoms with Gasteiger partial charge in [-0.25, -0.2) is 0 Å². The lowest BCUT2D eigenvalue weighted by atomic mass is 10.2. The van der Waals surface area contributed by atoms with Crippen LogP contribution >= 0.6 is 0 Å². The monoisotopic (exact) mass is 176 g/mol. The molecular weight excluding hydrogens is 164 g/mol. The van der Waals surface area contributed by atoms with Crippen molar-refractivity contribution >= 4 is 11.4 Å². The van der Waals surface area contributed by atoms with Gasteiger partial charge in [0.1, 0.15) is 6.04 Å². The van der Waals surface area contributed by atoms with Crippen LogP contribution in [0.25, 0.3) is 0 Å². The second-order valence-corrected chi connectivity index (χ2v) is 2.85. The smallest absolute Gasteiger partial charge is 0.113 e. The lowest BCUT2D eigenvalue weighted by Crippen LogP contribution is -2.27. The van der Waals surface area contributed by atoms with E-state index in [1.165, 1.54) is 0 Å². The van der Waals surface area contributed by atoms with E-state index in [0.717, 1.165) is 5.69 Å². The molecule has 0 aliphatic rings. The minimum atomic E-state index is -0.190. The van der Waals surface area contributed by atoms with Crippen LogP contribution < -0.4 is 10.6 Å². The largest absolute Gasteiger partial charge is 0.396 e. The van der Waals surface area contributed by atoms with Crippen molar-refractivity contribution < 1.29 is 0 Å². The number of anilines is 2. The van der Waals surface area contributed by atoms with E-state index in [1.54, 1.807) is 18.5 Å². The van der Waals surface area contributed by atoms with Crippen LogP contribution in [0.3, 0.4) is 0 Å². The number of nitrogen functional groups attached to an aromatic ring is 1. The molecule has 13 heavy (non-hydrogen) atoms. The maximum absolute atomic E-state index is 8.71. The molecule has 4 heteroatoms. The van der Waals surface area contributed by atoms with Crippen molar-refractivity contribution in [2.45, 2.75) is 13.0 Å². The van der Waals surface area contributed by atoms with Crippen LogP contribution in [0.1, 0.15) is 6.92 Å². The molecule has 0 aliphatic carbocycles. The maximum Gasteiger partial charge on any atom is 0.113 e. The molecule has 1 heterocycles. The third-order valence-corrected chi connectivity index (χ3v) is 1.98. The fourth-order valence-electron chi connectivity index (χ4n) is 1.02. The summed E-state index contributed by atoms with van der Waals surface area (Å²) in [4.78, 5) is 5.69. The molecular formula is C9H12N4. The van der Waals surface area contributed by atoms with E-state index in [0.29, 0.717) is 5.69 Å². The molecule has 0 saturated heterocycles. The molecule has 4 nitrogen and oxygen atoms in total. The van der Waals surface area contributed by atoms with Crippen molar-refractivity contribution in [3.63, 3.8) is 0 Å². The average Bonchev–Trinajstić information content (AvgIpc) is 2.16. The van der Waals surface area contributed by atoms with E-state index in [9.17, 15) is 0 Å². The Morgan fingerprint density at radius 1 is 1.69 bits per heavy atom. The van der Waals surface area contributed by atoms with Crippen LogP contribution in [0.4, 0.5) is 11.4 Å². The fourth-order valence-corrected chi connectivity index (χ4v) is 1.02. The van der Waals surface area contributed by atoms with Crippen LogP contribution in [-0.4, -0.2) is 18.1 Å². The summed E-state index contributed by atoms with van der Waals surface area (Å²) in [5.74, 6) is 0.